The molecule has 3 nitrogen and oxygen atoms in total. The first-order valence-corrected chi connectivity index (χ1v) is 6.28. The van der Waals surface area contributed by atoms with Gasteiger partial charge in [0, 0.05) is 5.92 Å². The number of hydrogen-bond donors (Lipinski definition) is 0. The summed E-state index contributed by atoms with van der Waals surface area (Å²) in [6.45, 7) is 2.04. The van der Waals surface area contributed by atoms with Crippen LogP contribution in [0.25, 0.3) is 0 Å². The van der Waals surface area contributed by atoms with Crippen molar-refractivity contribution in [3.63, 3.8) is 0 Å². The molecule has 3 aliphatic carbocycles. The smallest absolute Gasteiger partial charge is 0.320 e. The Labute approximate surface area is 95.5 Å². The summed E-state index contributed by atoms with van der Waals surface area (Å²) in [5, 5.41) is 0. The highest BCUT2D eigenvalue weighted by Gasteiger charge is 2.88. The third-order valence-corrected chi connectivity index (χ3v) is 5.38. The minimum absolute atomic E-state index is 0.0118. The SMILES string of the molecule is CCC1CC23CCCC2C3(C(=O)OC)C1=O. The summed E-state index contributed by atoms with van der Waals surface area (Å²) < 4.78 is 4.91. The molecule has 0 aromatic heterocycles. The Morgan fingerprint density at radius 3 is 2.94 bits per heavy atom. The average Bonchev–Trinajstić information content (AvgIpc) is 2.63. The fourth-order valence-corrected chi connectivity index (χ4v) is 4.78. The van der Waals surface area contributed by atoms with Crippen molar-refractivity contribution in [2.24, 2.45) is 22.7 Å². The molecule has 3 heteroatoms. The van der Waals surface area contributed by atoms with Gasteiger partial charge in [0.2, 0.25) is 0 Å². The highest BCUT2D eigenvalue weighted by Crippen LogP contribution is 2.83. The second-order valence-corrected chi connectivity index (χ2v) is 5.57. The molecule has 88 valence electrons. The maximum absolute atomic E-state index is 12.4. The van der Waals surface area contributed by atoms with Crippen molar-refractivity contribution in [3.8, 4) is 0 Å². The summed E-state index contributed by atoms with van der Waals surface area (Å²) in [5.74, 6) is 0.348. The lowest BCUT2D eigenvalue weighted by molar-refractivity contribution is -0.153. The number of carbonyl (C=O) groups excluding carboxylic acids is 2. The van der Waals surface area contributed by atoms with Gasteiger partial charge in [-0.25, -0.2) is 0 Å². The molecule has 3 saturated carbocycles. The Hall–Kier alpha value is -0.860. The van der Waals surface area contributed by atoms with Gasteiger partial charge in [0.1, 0.15) is 5.41 Å². The maximum Gasteiger partial charge on any atom is 0.320 e. The molecular weight excluding hydrogens is 204 g/mol. The summed E-state index contributed by atoms with van der Waals surface area (Å²) in [6, 6.07) is 0. The summed E-state index contributed by atoms with van der Waals surface area (Å²) in [4.78, 5) is 24.4. The topological polar surface area (TPSA) is 43.4 Å². The van der Waals surface area contributed by atoms with E-state index in [2.05, 4.69) is 0 Å². The lowest BCUT2D eigenvalue weighted by Crippen LogP contribution is -2.32. The lowest BCUT2D eigenvalue weighted by Gasteiger charge is -2.16. The van der Waals surface area contributed by atoms with Crippen molar-refractivity contribution in [3.05, 3.63) is 0 Å². The van der Waals surface area contributed by atoms with Crippen molar-refractivity contribution in [2.75, 3.05) is 7.11 Å². The molecule has 0 aliphatic heterocycles. The van der Waals surface area contributed by atoms with Gasteiger partial charge in [-0.05, 0) is 37.0 Å². The molecular formula is C13H18O3. The van der Waals surface area contributed by atoms with E-state index < -0.39 is 5.41 Å². The molecule has 0 radical (unpaired) electrons. The van der Waals surface area contributed by atoms with Crippen molar-refractivity contribution in [1.29, 1.82) is 0 Å². The molecule has 0 aromatic carbocycles. The summed E-state index contributed by atoms with van der Waals surface area (Å²) in [5.41, 5.74) is -0.696. The second kappa shape index (κ2) is 2.88. The number of ether oxygens (including phenoxy) is 1. The van der Waals surface area contributed by atoms with E-state index in [1.807, 2.05) is 6.92 Å². The fraction of sp³-hybridized carbons (Fsp3) is 0.846. The average molecular weight is 222 g/mol. The number of Topliss-reactive ketones (excluding diaryl/α,β-unsaturated/α-hetero) is 1. The Morgan fingerprint density at radius 2 is 2.31 bits per heavy atom. The van der Waals surface area contributed by atoms with Crippen LogP contribution in [0, 0.1) is 22.7 Å². The largest absolute Gasteiger partial charge is 0.468 e. The molecule has 16 heavy (non-hydrogen) atoms. The van der Waals surface area contributed by atoms with E-state index >= 15 is 0 Å². The van der Waals surface area contributed by atoms with E-state index in [0.29, 0.717) is 5.92 Å². The molecule has 0 amide bonds. The van der Waals surface area contributed by atoms with Gasteiger partial charge in [-0.1, -0.05) is 13.3 Å². The number of hydrogen-bond acceptors (Lipinski definition) is 3. The minimum Gasteiger partial charge on any atom is -0.468 e. The third kappa shape index (κ3) is 0.770. The molecule has 1 spiro atoms. The van der Waals surface area contributed by atoms with Crippen molar-refractivity contribution >= 4 is 11.8 Å². The number of methoxy groups -OCH3 is 1. The van der Waals surface area contributed by atoms with Gasteiger partial charge < -0.3 is 4.74 Å². The van der Waals surface area contributed by atoms with Gasteiger partial charge in [-0.2, -0.15) is 0 Å². The molecule has 0 N–H and O–H groups in total. The first kappa shape index (κ1) is 10.3. The van der Waals surface area contributed by atoms with Crippen LogP contribution in [0.1, 0.15) is 39.0 Å². The number of rotatable bonds is 2. The normalized spacial score (nSPS) is 48.8. The van der Waals surface area contributed by atoms with E-state index in [9.17, 15) is 9.59 Å². The Kier molecular flexibility index (Phi) is 1.85. The molecule has 0 saturated heterocycles. The van der Waals surface area contributed by atoms with E-state index in [0.717, 1.165) is 25.7 Å². The fourth-order valence-electron chi connectivity index (χ4n) is 4.78. The predicted molar refractivity (Wildman–Crippen MR) is 57.6 cm³/mol. The molecule has 4 unspecified atom stereocenters. The van der Waals surface area contributed by atoms with Crippen LogP contribution in [0.3, 0.4) is 0 Å². The highest BCUT2D eigenvalue weighted by atomic mass is 16.5. The van der Waals surface area contributed by atoms with Gasteiger partial charge in [0.15, 0.2) is 5.78 Å². The van der Waals surface area contributed by atoms with Gasteiger partial charge in [-0.3, -0.25) is 9.59 Å². The molecule has 0 bridgehead atoms. The van der Waals surface area contributed by atoms with Crippen LogP contribution in [0.2, 0.25) is 0 Å². The molecule has 3 rings (SSSR count). The summed E-state index contributed by atoms with van der Waals surface area (Å²) >= 11 is 0. The van der Waals surface area contributed by atoms with Gasteiger partial charge in [-0.15, -0.1) is 0 Å². The van der Waals surface area contributed by atoms with Crippen LogP contribution in [0.5, 0.6) is 0 Å². The van der Waals surface area contributed by atoms with E-state index in [-0.39, 0.29) is 23.1 Å². The van der Waals surface area contributed by atoms with Crippen LogP contribution in [-0.4, -0.2) is 18.9 Å². The number of fused-ring (bicyclic) bond motifs is 1. The number of esters is 1. The summed E-state index contributed by atoms with van der Waals surface area (Å²) in [7, 11) is 1.41. The predicted octanol–water partition coefficient (Wildman–Crippen LogP) is 1.94. The molecule has 4 atom stereocenters. The Morgan fingerprint density at radius 1 is 1.56 bits per heavy atom. The number of carbonyl (C=O) groups is 2. The molecule has 0 aromatic rings. The van der Waals surface area contributed by atoms with Crippen LogP contribution < -0.4 is 0 Å². The second-order valence-electron chi connectivity index (χ2n) is 5.57. The zero-order valence-corrected chi connectivity index (χ0v) is 9.91. The first-order chi connectivity index (χ1) is 7.65. The first-order valence-electron chi connectivity index (χ1n) is 6.28. The lowest BCUT2D eigenvalue weighted by atomic mass is 9.88. The molecule has 0 heterocycles. The van der Waals surface area contributed by atoms with Crippen LogP contribution in [0.15, 0.2) is 0 Å². The van der Waals surface area contributed by atoms with E-state index in [1.54, 1.807) is 0 Å². The quantitative estimate of drug-likeness (QED) is 0.529. The van der Waals surface area contributed by atoms with Crippen LogP contribution >= 0.6 is 0 Å². The van der Waals surface area contributed by atoms with Crippen LogP contribution in [0.4, 0.5) is 0 Å². The minimum atomic E-state index is -0.708. The van der Waals surface area contributed by atoms with Gasteiger partial charge in [0.25, 0.3) is 0 Å². The molecule has 3 fully saturated rings. The van der Waals surface area contributed by atoms with Gasteiger partial charge >= 0.3 is 5.97 Å². The van der Waals surface area contributed by atoms with E-state index in [4.69, 9.17) is 4.74 Å². The van der Waals surface area contributed by atoms with Crippen molar-refractivity contribution in [2.45, 2.75) is 39.0 Å². The van der Waals surface area contributed by atoms with E-state index in [1.165, 1.54) is 13.5 Å². The standard InChI is InChI=1S/C13H18O3/c1-3-8-7-12-6-4-5-9(12)13(12,10(8)14)11(15)16-2/h8-9H,3-7H2,1-2H3. The summed E-state index contributed by atoms with van der Waals surface area (Å²) in [6.07, 6.45) is 5.06. The Balaban J connectivity index is 2.03. The molecule has 3 aliphatic rings. The highest BCUT2D eigenvalue weighted by molar-refractivity contribution is 6.12. The zero-order valence-electron chi connectivity index (χ0n) is 9.91. The van der Waals surface area contributed by atoms with Crippen molar-refractivity contribution < 1.29 is 14.3 Å². The third-order valence-electron chi connectivity index (χ3n) is 5.38. The van der Waals surface area contributed by atoms with Gasteiger partial charge in [0.05, 0.1) is 7.11 Å². The monoisotopic (exact) mass is 222 g/mol. The van der Waals surface area contributed by atoms with Crippen molar-refractivity contribution in [1.82, 2.24) is 0 Å². The zero-order chi connectivity index (χ0) is 11.6. The van der Waals surface area contributed by atoms with Crippen LogP contribution in [-0.2, 0) is 14.3 Å². The number of ketones is 1. The Bertz CT molecular complexity index is 375. The maximum atomic E-state index is 12.4.